The first-order chi connectivity index (χ1) is 14.0. The van der Waals surface area contributed by atoms with Crippen LogP contribution in [-0.4, -0.2) is 37.6 Å². The molecule has 1 aliphatic heterocycles. The van der Waals surface area contributed by atoms with Crippen molar-refractivity contribution < 1.29 is 19.1 Å². The van der Waals surface area contributed by atoms with Gasteiger partial charge in [0.05, 0.1) is 17.7 Å². The molecule has 2 amide bonds. The summed E-state index contributed by atoms with van der Waals surface area (Å²) in [6.45, 7) is 0.0608. The number of hydrogen-bond acceptors (Lipinski definition) is 7. The molecule has 2 aromatic heterocycles. The molecule has 1 aromatic carbocycles. The van der Waals surface area contributed by atoms with Crippen molar-refractivity contribution in [3.05, 3.63) is 88.2 Å². The second-order valence-corrected chi connectivity index (χ2v) is 6.70. The zero-order valence-electron chi connectivity index (χ0n) is 14.9. The van der Waals surface area contributed by atoms with Gasteiger partial charge in [-0.2, -0.15) is 0 Å². The topological polar surface area (TPSA) is 102 Å². The molecule has 0 unspecified atom stereocenters. The van der Waals surface area contributed by atoms with Crippen LogP contribution in [0.2, 0.25) is 5.02 Å². The Balaban J connectivity index is 1.50. The number of halogens is 1. The number of imide groups is 1. The monoisotopic (exact) mass is 408 g/mol. The largest absolute Gasteiger partial charge is 0.457 e. The Hall–Kier alpha value is -3.65. The van der Waals surface area contributed by atoms with Gasteiger partial charge in [0, 0.05) is 29.2 Å². The third kappa shape index (κ3) is 3.83. The number of benzene rings is 1. The summed E-state index contributed by atoms with van der Waals surface area (Å²) in [6.07, 6.45) is 5.64. The summed E-state index contributed by atoms with van der Waals surface area (Å²) in [5.74, 6) is -1.69. The van der Waals surface area contributed by atoms with Gasteiger partial charge in [-0.3, -0.25) is 14.5 Å². The highest BCUT2D eigenvalue weighted by atomic mass is 35.5. The minimum absolute atomic E-state index is 0.0111. The third-order valence-corrected chi connectivity index (χ3v) is 4.54. The maximum atomic E-state index is 12.7. The molecule has 3 heterocycles. The van der Waals surface area contributed by atoms with Gasteiger partial charge in [0.2, 0.25) is 0 Å². The lowest BCUT2D eigenvalue weighted by molar-refractivity contribution is 0.0471. The number of fused-ring (bicyclic) bond motifs is 1. The zero-order valence-corrected chi connectivity index (χ0v) is 15.7. The molecule has 4 rings (SSSR count). The van der Waals surface area contributed by atoms with Crippen LogP contribution < -0.4 is 0 Å². The van der Waals surface area contributed by atoms with E-state index < -0.39 is 17.8 Å². The van der Waals surface area contributed by atoms with Crippen molar-refractivity contribution in [2.45, 2.75) is 13.2 Å². The van der Waals surface area contributed by atoms with Gasteiger partial charge in [0.15, 0.2) is 0 Å². The van der Waals surface area contributed by atoms with Gasteiger partial charge < -0.3 is 4.74 Å². The van der Waals surface area contributed by atoms with E-state index in [1.807, 2.05) is 0 Å². The van der Waals surface area contributed by atoms with Crippen molar-refractivity contribution in [1.82, 2.24) is 19.9 Å². The van der Waals surface area contributed by atoms with Gasteiger partial charge in [-0.25, -0.2) is 19.7 Å². The molecule has 1 aliphatic rings. The minimum Gasteiger partial charge on any atom is -0.457 e. The number of pyridine rings is 1. The lowest BCUT2D eigenvalue weighted by atomic mass is 10.1. The first-order valence-corrected chi connectivity index (χ1v) is 8.92. The van der Waals surface area contributed by atoms with E-state index in [1.54, 1.807) is 24.3 Å². The number of nitrogens with zero attached hydrogens (tertiary/aromatic N) is 4. The maximum Gasteiger partial charge on any atom is 0.340 e. The number of hydrogen-bond donors (Lipinski definition) is 0. The van der Waals surface area contributed by atoms with E-state index >= 15 is 0 Å². The first-order valence-electron chi connectivity index (χ1n) is 8.54. The number of esters is 1. The van der Waals surface area contributed by atoms with Crippen LogP contribution in [0.3, 0.4) is 0 Å². The Morgan fingerprint density at radius 3 is 2.45 bits per heavy atom. The predicted octanol–water partition coefficient (Wildman–Crippen LogP) is 2.68. The standard InChI is InChI=1S/C20H13ClN4O4/c21-15-3-1-12(2-4-15)9-25-18(26)16-5-14(8-24-17(16)19(25)27)20(28)29-10-13-6-22-11-23-7-13/h1-8,11H,9-10H2. The Labute approximate surface area is 170 Å². The maximum absolute atomic E-state index is 12.7. The SMILES string of the molecule is O=C(OCc1cncnc1)c1cnc2c(c1)C(=O)N(Cc1ccc(Cl)cc1)C2=O. The van der Waals surface area contributed by atoms with E-state index in [1.165, 1.54) is 31.0 Å². The summed E-state index contributed by atoms with van der Waals surface area (Å²) in [5, 5.41) is 0.558. The molecule has 0 saturated heterocycles. The first kappa shape index (κ1) is 18.7. The number of aromatic nitrogens is 3. The molecule has 0 N–H and O–H groups in total. The van der Waals surface area contributed by atoms with Gasteiger partial charge >= 0.3 is 5.97 Å². The Kier molecular flexibility index (Phi) is 5.01. The van der Waals surface area contributed by atoms with E-state index in [9.17, 15) is 14.4 Å². The number of ether oxygens (including phenoxy) is 1. The molecule has 144 valence electrons. The predicted molar refractivity (Wildman–Crippen MR) is 101 cm³/mol. The van der Waals surface area contributed by atoms with Crippen LogP contribution in [0.5, 0.6) is 0 Å². The minimum atomic E-state index is -0.666. The molecule has 0 aliphatic carbocycles. The second kappa shape index (κ2) is 7.76. The number of carbonyl (C=O) groups excluding carboxylic acids is 3. The average molecular weight is 409 g/mol. The van der Waals surface area contributed by atoms with Crippen LogP contribution in [0.4, 0.5) is 0 Å². The molecule has 0 saturated carbocycles. The molecule has 0 radical (unpaired) electrons. The molecule has 8 nitrogen and oxygen atoms in total. The highest BCUT2D eigenvalue weighted by Crippen LogP contribution is 2.24. The lowest BCUT2D eigenvalue weighted by Gasteiger charge is -2.13. The van der Waals surface area contributed by atoms with Crippen molar-refractivity contribution in [2.75, 3.05) is 0 Å². The quantitative estimate of drug-likeness (QED) is 0.472. The third-order valence-electron chi connectivity index (χ3n) is 4.28. The summed E-state index contributed by atoms with van der Waals surface area (Å²) in [5.41, 5.74) is 1.53. The molecule has 0 atom stereocenters. The highest BCUT2D eigenvalue weighted by Gasteiger charge is 2.37. The van der Waals surface area contributed by atoms with E-state index in [0.29, 0.717) is 10.6 Å². The fourth-order valence-corrected chi connectivity index (χ4v) is 2.95. The number of amides is 2. The van der Waals surface area contributed by atoms with Gasteiger partial charge in [-0.05, 0) is 23.8 Å². The second-order valence-electron chi connectivity index (χ2n) is 6.27. The lowest BCUT2D eigenvalue weighted by Crippen LogP contribution is -2.29. The molecule has 0 spiro atoms. The Morgan fingerprint density at radius 2 is 1.72 bits per heavy atom. The molecule has 3 aromatic rings. The molecular formula is C20H13ClN4O4. The average Bonchev–Trinajstić information content (AvgIpc) is 2.98. The Morgan fingerprint density at radius 1 is 1.00 bits per heavy atom. The van der Waals surface area contributed by atoms with Crippen LogP contribution in [0.25, 0.3) is 0 Å². The van der Waals surface area contributed by atoms with Crippen molar-refractivity contribution in [3.8, 4) is 0 Å². The molecular weight excluding hydrogens is 396 g/mol. The summed E-state index contributed by atoms with van der Waals surface area (Å²) in [7, 11) is 0. The highest BCUT2D eigenvalue weighted by molar-refractivity contribution is 6.30. The van der Waals surface area contributed by atoms with E-state index in [-0.39, 0.29) is 30.0 Å². The molecule has 29 heavy (non-hydrogen) atoms. The van der Waals surface area contributed by atoms with Gasteiger partial charge in [0.1, 0.15) is 18.6 Å². The van der Waals surface area contributed by atoms with Crippen molar-refractivity contribution in [3.63, 3.8) is 0 Å². The summed E-state index contributed by atoms with van der Waals surface area (Å²) in [4.78, 5) is 50.3. The molecule has 0 bridgehead atoms. The van der Waals surface area contributed by atoms with Crippen molar-refractivity contribution in [1.29, 1.82) is 0 Å². The number of carbonyl (C=O) groups is 3. The van der Waals surface area contributed by atoms with Crippen LogP contribution in [-0.2, 0) is 17.9 Å². The van der Waals surface area contributed by atoms with Crippen LogP contribution in [0.15, 0.2) is 55.2 Å². The van der Waals surface area contributed by atoms with Gasteiger partial charge in [-0.15, -0.1) is 0 Å². The van der Waals surface area contributed by atoms with Gasteiger partial charge in [0.25, 0.3) is 11.8 Å². The molecule has 0 fully saturated rings. The molecule has 9 heteroatoms. The van der Waals surface area contributed by atoms with Crippen LogP contribution in [0, 0.1) is 0 Å². The normalized spacial score (nSPS) is 12.8. The summed E-state index contributed by atoms with van der Waals surface area (Å²) < 4.78 is 5.19. The van der Waals surface area contributed by atoms with Crippen molar-refractivity contribution in [2.24, 2.45) is 0 Å². The fraction of sp³-hybridized carbons (Fsp3) is 0.100. The van der Waals surface area contributed by atoms with E-state index in [4.69, 9.17) is 16.3 Å². The van der Waals surface area contributed by atoms with Gasteiger partial charge in [-0.1, -0.05) is 23.7 Å². The fourth-order valence-electron chi connectivity index (χ4n) is 2.83. The zero-order chi connectivity index (χ0) is 20.4. The van der Waals surface area contributed by atoms with E-state index in [2.05, 4.69) is 15.0 Å². The van der Waals surface area contributed by atoms with E-state index in [0.717, 1.165) is 10.5 Å². The van der Waals surface area contributed by atoms with Crippen molar-refractivity contribution >= 4 is 29.4 Å². The summed E-state index contributed by atoms with van der Waals surface area (Å²) >= 11 is 5.86. The smallest absolute Gasteiger partial charge is 0.340 e. The Bertz CT molecular complexity index is 1100. The van der Waals surface area contributed by atoms with Crippen LogP contribution >= 0.6 is 11.6 Å². The van der Waals surface area contributed by atoms with Crippen LogP contribution in [0.1, 0.15) is 42.3 Å². The summed E-state index contributed by atoms with van der Waals surface area (Å²) in [6, 6.07) is 8.15. The number of rotatable bonds is 5.